The van der Waals surface area contributed by atoms with Crippen LogP contribution in [0.2, 0.25) is 0 Å². The lowest BCUT2D eigenvalue weighted by atomic mass is 10.0. The molecule has 0 radical (unpaired) electrons. The van der Waals surface area contributed by atoms with E-state index in [9.17, 15) is 0 Å². The maximum atomic E-state index is 5.94. The summed E-state index contributed by atoms with van der Waals surface area (Å²) in [5, 5.41) is 0.0844. The molecular weight excluding hydrogens is 144 g/mol. The Morgan fingerprint density at radius 3 is 2.50 bits per heavy atom. The zero-order chi connectivity index (χ0) is 7.98. The Morgan fingerprint density at radius 1 is 1.60 bits per heavy atom. The fourth-order valence-electron chi connectivity index (χ4n) is 0.889. The standard InChI is InChI=1S/C9H15Cl/c1-4-7-8(5-2)9(10)6-3/h4,6-9H,3,5H2,1-2H3/b7-4-. The molecule has 0 aliphatic carbocycles. The van der Waals surface area contributed by atoms with Crippen LogP contribution < -0.4 is 0 Å². The number of hydrogen-bond donors (Lipinski definition) is 0. The largest absolute Gasteiger partial charge is 0.118 e. The van der Waals surface area contributed by atoms with Crippen molar-refractivity contribution in [1.82, 2.24) is 0 Å². The molecule has 0 aliphatic rings. The lowest BCUT2D eigenvalue weighted by molar-refractivity contribution is 0.645. The molecule has 58 valence electrons. The van der Waals surface area contributed by atoms with Crippen LogP contribution >= 0.6 is 11.6 Å². The summed E-state index contributed by atoms with van der Waals surface area (Å²) in [6.07, 6.45) is 7.02. The van der Waals surface area contributed by atoms with Crippen molar-refractivity contribution in [3.63, 3.8) is 0 Å². The Bertz CT molecular complexity index is 116. The van der Waals surface area contributed by atoms with Crippen LogP contribution in [0.3, 0.4) is 0 Å². The van der Waals surface area contributed by atoms with E-state index in [1.54, 1.807) is 6.08 Å². The van der Waals surface area contributed by atoms with Gasteiger partial charge in [-0.25, -0.2) is 0 Å². The van der Waals surface area contributed by atoms with Gasteiger partial charge in [0.2, 0.25) is 0 Å². The molecule has 0 aromatic heterocycles. The van der Waals surface area contributed by atoms with Crippen LogP contribution in [0.5, 0.6) is 0 Å². The first-order valence-corrected chi connectivity index (χ1v) is 4.09. The predicted octanol–water partition coefficient (Wildman–Crippen LogP) is 3.38. The normalized spacial score (nSPS) is 17.1. The maximum Gasteiger partial charge on any atom is 0.0575 e. The summed E-state index contributed by atoms with van der Waals surface area (Å²) in [5.41, 5.74) is 0. The molecule has 0 saturated carbocycles. The Kier molecular flexibility index (Phi) is 5.42. The second-order valence-corrected chi connectivity index (χ2v) is 2.78. The maximum absolute atomic E-state index is 5.94. The van der Waals surface area contributed by atoms with Gasteiger partial charge in [-0.1, -0.05) is 25.2 Å². The number of rotatable bonds is 4. The molecule has 0 aromatic rings. The van der Waals surface area contributed by atoms with E-state index in [0.29, 0.717) is 5.92 Å². The molecule has 0 saturated heterocycles. The van der Waals surface area contributed by atoms with Crippen LogP contribution in [0.1, 0.15) is 20.3 Å². The number of allylic oxidation sites excluding steroid dienone is 3. The van der Waals surface area contributed by atoms with Crippen molar-refractivity contribution in [1.29, 1.82) is 0 Å². The van der Waals surface area contributed by atoms with E-state index < -0.39 is 0 Å². The quantitative estimate of drug-likeness (QED) is 0.435. The second-order valence-electron chi connectivity index (χ2n) is 2.28. The smallest absolute Gasteiger partial charge is 0.0575 e. The fraction of sp³-hybridized carbons (Fsp3) is 0.556. The van der Waals surface area contributed by atoms with Crippen molar-refractivity contribution >= 4 is 11.6 Å². The third kappa shape index (κ3) is 3.07. The monoisotopic (exact) mass is 158 g/mol. The number of alkyl halides is 1. The molecule has 0 fully saturated rings. The number of hydrogen-bond acceptors (Lipinski definition) is 0. The molecule has 0 aromatic carbocycles. The molecule has 1 heteroatoms. The van der Waals surface area contributed by atoms with Gasteiger partial charge < -0.3 is 0 Å². The van der Waals surface area contributed by atoms with Crippen molar-refractivity contribution < 1.29 is 0 Å². The van der Waals surface area contributed by atoms with Gasteiger partial charge in [-0.15, -0.1) is 18.2 Å². The van der Waals surface area contributed by atoms with Gasteiger partial charge in [-0.3, -0.25) is 0 Å². The first kappa shape index (κ1) is 9.77. The molecule has 10 heavy (non-hydrogen) atoms. The molecule has 2 atom stereocenters. The first-order valence-electron chi connectivity index (χ1n) is 3.65. The van der Waals surface area contributed by atoms with Gasteiger partial charge in [0.15, 0.2) is 0 Å². The molecule has 0 bridgehead atoms. The average molecular weight is 159 g/mol. The first-order chi connectivity index (χ1) is 4.76. The Morgan fingerprint density at radius 2 is 2.20 bits per heavy atom. The zero-order valence-electron chi connectivity index (χ0n) is 6.68. The molecule has 2 unspecified atom stereocenters. The third-order valence-electron chi connectivity index (χ3n) is 1.55. The summed E-state index contributed by atoms with van der Waals surface area (Å²) in [4.78, 5) is 0. The summed E-state index contributed by atoms with van der Waals surface area (Å²) in [6, 6.07) is 0. The van der Waals surface area contributed by atoms with Crippen molar-refractivity contribution in [2.75, 3.05) is 0 Å². The van der Waals surface area contributed by atoms with Gasteiger partial charge in [0.05, 0.1) is 5.38 Å². The molecule has 0 N–H and O–H groups in total. The van der Waals surface area contributed by atoms with Gasteiger partial charge >= 0.3 is 0 Å². The van der Waals surface area contributed by atoms with Crippen LogP contribution in [-0.2, 0) is 0 Å². The van der Waals surface area contributed by atoms with Crippen LogP contribution in [-0.4, -0.2) is 5.38 Å². The molecule has 0 spiro atoms. The van der Waals surface area contributed by atoms with Gasteiger partial charge in [0.25, 0.3) is 0 Å². The van der Waals surface area contributed by atoms with E-state index in [1.807, 2.05) is 13.0 Å². The Hall–Kier alpha value is -0.230. The van der Waals surface area contributed by atoms with E-state index in [4.69, 9.17) is 11.6 Å². The predicted molar refractivity (Wildman–Crippen MR) is 48.4 cm³/mol. The highest BCUT2D eigenvalue weighted by Gasteiger charge is 2.09. The molecule has 0 amide bonds. The van der Waals surface area contributed by atoms with Crippen molar-refractivity contribution in [2.24, 2.45) is 5.92 Å². The van der Waals surface area contributed by atoms with E-state index in [0.717, 1.165) is 6.42 Å². The summed E-state index contributed by atoms with van der Waals surface area (Å²) < 4.78 is 0. The van der Waals surface area contributed by atoms with E-state index in [2.05, 4.69) is 19.6 Å². The van der Waals surface area contributed by atoms with E-state index in [-0.39, 0.29) is 5.38 Å². The highest BCUT2D eigenvalue weighted by Crippen LogP contribution is 2.16. The number of halogens is 1. The van der Waals surface area contributed by atoms with E-state index in [1.165, 1.54) is 0 Å². The lowest BCUT2D eigenvalue weighted by Gasteiger charge is -2.12. The summed E-state index contributed by atoms with van der Waals surface area (Å²) in [6.45, 7) is 7.78. The summed E-state index contributed by atoms with van der Waals surface area (Å²) >= 11 is 5.94. The minimum absolute atomic E-state index is 0.0844. The van der Waals surface area contributed by atoms with Gasteiger partial charge in [-0.05, 0) is 19.3 Å². The van der Waals surface area contributed by atoms with E-state index >= 15 is 0 Å². The van der Waals surface area contributed by atoms with Gasteiger partial charge in [-0.2, -0.15) is 0 Å². The topological polar surface area (TPSA) is 0 Å². The van der Waals surface area contributed by atoms with Crippen LogP contribution in [0.25, 0.3) is 0 Å². The summed E-state index contributed by atoms with van der Waals surface area (Å²) in [7, 11) is 0. The Balaban J connectivity index is 3.91. The van der Waals surface area contributed by atoms with Crippen LogP contribution in [0, 0.1) is 5.92 Å². The molecule has 0 heterocycles. The molecular formula is C9H15Cl. The average Bonchev–Trinajstić information content (AvgIpc) is 1.99. The fourth-order valence-corrected chi connectivity index (χ4v) is 1.15. The highest BCUT2D eigenvalue weighted by atomic mass is 35.5. The van der Waals surface area contributed by atoms with Crippen molar-refractivity contribution in [3.05, 3.63) is 24.8 Å². The summed E-state index contributed by atoms with van der Waals surface area (Å²) in [5.74, 6) is 0.448. The lowest BCUT2D eigenvalue weighted by Crippen LogP contribution is -2.07. The SMILES string of the molecule is C=CC(Cl)C(/C=C\C)CC. The van der Waals surface area contributed by atoms with Gasteiger partial charge in [0, 0.05) is 0 Å². The molecule has 0 aliphatic heterocycles. The second kappa shape index (κ2) is 5.55. The zero-order valence-corrected chi connectivity index (χ0v) is 7.43. The van der Waals surface area contributed by atoms with Gasteiger partial charge in [0.1, 0.15) is 0 Å². The Labute approximate surface area is 68.6 Å². The van der Waals surface area contributed by atoms with Crippen molar-refractivity contribution in [2.45, 2.75) is 25.6 Å². The molecule has 0 rings (SSSR count). The van der Waals surface area contributed by atoms with Crippen LogP contribution in [0.4, 0.5) is 0 Å². The van der Waals surface area contributed by atoms with Crippen LogP contribution in [0.15, 0.2) is 24.8 Å². The molecule has 0 nitrogen and oxygen atoms in total. The third-order valence-corrected chi connectivity index (χ3v) is 2.05. The minimum Gasteiger partial charge on any atom is -0.118 e. The van der Waals surface area contributed by atoms with Crippen molar-refractivity contribution in [3.8, 4) is 0 Å². The highest BCUT2D eigenvalue weighted by molar-refractivity contribution is 6.22. The minimum atomic E-state index is 0.0844.